The van der Waals surface area contributed by atoms with E-state index in [9.17, 15) is 9.90 Å². The maximum atomic E-state index is 15.1. The van der Waals surface area contributed by atoms with Gasteiger partial charge in [0.15, 0.2) is 18.4 Å². The highest BCUT2D eigenvalue weighted by molar-refractivity contribution is 5.99. The molecule has 0 radical (unpaired) electrons. The fourth-order valence-electron chi connectivity index (χ4n) is 12.2. The summed E-state index contributed by atoms with van der Waals surface area (Å²) in [6.45, 7) is 10.6. The van der Waals surface area contributed by atoms with Gasteiger partial charge in [0.25, 0.3) is 0 Å². The van der Waals surface area contributed by atoms with Gasteiger partial charge in [0.2, 0.25) is 0 Å². The third-order valence-corrected chi connectivity index (χ3v) is 15.4. The first-order chi connectivity index (χ1) is 30.3. The van der Waals surface area contributed by atoms with Crippen LogP contribution < -0.4 is 10.1 Å². The molecule has 3 saturated heterocycles. The Morgan fingerprint density at radius 3 is 2.21 bits per heavy atom. The number of hydrogen-bond acceptors (Lipinski definition) is 14. The van der Waals surface area contributed by atoms with E-state index in [1.54, 1.807) is 21.3 Å². The van der Waals surface area contributed by atoms with E-state index < -0.39 is 60.8 Å². The first-order valence-corrected chi connectivity index (χ1v) is 23.8. The number of carbonyl (C=O) groups excluding carboxylic acids is 2. The van der Waals surface area contributed by atoms with Gasteiger partial charge < -0.3 is 58.0 Å². The summed E-state index contributed by atoms with van der Waals surface area (Å²) in [6.07, 6.45) is 3.31. The Kier molecular flexibility index (Phi) is 16.3. The van der Waals surface area contributed by atoms with Crippen molar-refractivity contribution in [2.75, 3.05) is 47.3 Å². The molecule has 1 aromatic carbocycles. The minimum Gasteiger partial charge on any atom is -0.494 e. The van der Waals surface area contributed by atoms with Crippen molar-refractivity contribution < 1.29 is 57.3 Å². The second kappa shape index (κ2) is 21.3. The molecule has 7 rings (SSSR count). The number of Topliss-reactive ketones (excluding diaryl/α,β-unsaturated/α-hetero) is 1. The first kappa shape index (κ1) is 48.3. The summed E-state index contributed by atoms with van der Waals surface area (Å²) in [6, 6.07) is 7.67. The number of fused-ring (bicyclic) bond motifs is 5. The second-order valence-corrected chi connectivity index (χ2v) is 19.2. The van der Waals surface area contributed by atoms with Crippen LogP contribution in [0.3, 0.4) is 0 Å². The van der Waals surface area contributed by atoms with Gasteiger partial charge >= 0.3 is 5.97 Å². The topological polar surface area (TPSA) is 153 Å². The normalized spacial score (nSPS) is 42.3. The van der Waals surface area contributed by atoms with Crippen molar-refractivity contribution >= 4 is 17.4 Å². The number of anilines is 1. The maximum absolute atomic E-state index is 15.1. The van der Waals surface area contributed by atoms with Crippen molar-refractivity contribution in [3.8, 4) is 5.75 Å². The molecule has 3 aliphatic heterocycles. The minimum absolute atomic E-state index is 0.00913. The minimum atomic E-state index is -0.905. The Bertz CT molecular complexity index is 1690. The molecule has 0 amide bonds. The lowest BCUT2D eigenvalue weighted by Crippen LogP contribution is -2.59. The average molecular weight is 885 g/mol. The Balaban J connectivity index is 1.21. The maximum Gasteiger partial charge on any atom is 0.306 e. The molecule has 354 valence electrons. The molecule has 14 heteroatoms. The molecule has 0 aromatic heterocycles. The van der Waals surface area contributed by atoms with Crippen LogP contribution in [0.4, 0.5) is 5.69 Å². The highest BCUT2D eigenvalue weighted by Crippen LogP contribution is 2.57. The van der Waals surface area contributed by atoms with Gasteiger partial charge in [0.1, 0.15) is 30.2 Å². The number of methoxy groups -OCH3 is 3. The van der Waals surface area contributed by atoms with Crippen LogP contribution in [-0.2, 0) is 47.5 Å². The molecule has 2 N–H and O–H groups in total. The second-order valence-electron chi connectivity index (χ2n) is 19.2. The Hall–Kier alpha value is -2.66. The lowest BCUT2D eigenvalue weighted by Gasteiger charge is -2.47. The largest absolute Gasteiger partial charge is 0.494 e. The quantitative estimate of drug-likeness (QED) is 0.217. The van der Waals surface area contributed by atoms with Crippen LogP contribution in [0.2, 0.25) is 0 Å². The summed E-state index contributed by atoms with van der Waals surface area (Å²) < 4.78 is 56.1. The van der Waals surface area contributed by atoms with Crippen LogP contribution in [0.5, 0.6) is 5.75 Å². The van der Waals surface area contributed by atoms with E-state index in [0.717, 1.165) is 30.7 Å². The number of benzene rings is 1. The molecule has 5 fully saturated rings. The highest BCUT2D eigenvalue weighted by atomic mass is 16.7. The van der Waals surface area contributed by atoms with E-state index in [-0.39, 0.29) is 66.4 Å². The zero-order valence-corrected chi connectivity index (χ0v) is 39.3. The van der Waals surface area contributed by atoms with E-state index in [1.165, 1.54) is 0 Å². The molecule has 3 unspecified atom stereocenters. The van der Waals surface area contributed by atoms with E-state index >= 15 is 4.79 Å². The predicted molar refractivity (Wildman–Crippen MR) is 236 cm³/mol. The number of nitrogens with one attached hydrogen (secondary N) is 1. The van der Waals surface area contributed by atoms with Crippen LogP contribution in [0.25, 0.3) is 0 Å². The number of aliphatic hydroxyl groups is 1. The molecule has 6 aliphatic rings. The number of likely N-dealkylation sites (N-methyl/N-ethyl adjacent to an activating group) is 1. The van der Waals surface area contributed by atoms with Crippen LogP contribution in [0, 0.1) is 35.5 Å². The fourth-order valence-corrected chi connectivity index (χ4v) is 12.2. The Morgan fingerprint density at radius 1 is 0.841 bits per heavy atom. The lowest BCUT2D eigenvalue weighted by molar-refractivity contribution is -0.314. The number of ketones is 1. The monoisotopic (exact) mass is 885 g/mol. The molecule has 2 saturated carbocycles. The van der Waals surface area contributed by atoms with Gasteiger partial charge in [-0.2, -0.15) is 0 Å². The predicted octanol–water partition coefficient (Wildman–Crippen LogP) is 6.17. The fraction of sp³-hybridized carbons (Fsp3) is 0.796. The lowest BCUT2D eigenvalue weighted by atomic mass is 9.62. The van der Waals surface area contributed by atoms with Crippen molar-refractivity contribution in [1.29, 1.82) is 0 Å². The SMILES string of the molecule is CCOc1ccc(N[C@@H]2[C@@H](O)[C@@H]3[C@@H](C=C4C(=O)[C@H](C)[C@@H](O[C@H]5CC[C@H](N(C)C)C(C)O5)CCC[C@H](CC)OC(=O)C[C@H]43)[C@@H]3C[C@H](O[C@@H]4OC(C)[C@H](OC)C(OC)[C@@H]4OC)C[C@H]32)cc1. The van der Waals surface area contributed by atoms with Crippen LogP contribution >= 0.6 is 0 Å². The third-order valence-electron chi connectivity index (χ3n) is 15.4. The van der Waals surface area contributed by atoms with Gasteiger partial charge in [-0.1, -0.05) is 19.9 Å². The number of cyclic esters (lactones) is 1. The van der Waals surface area contributed by atoms with E-state index in [1.807, 2.05) is 52.0 Å². The number of hydrogen-bond donors (Lipinski definition) is 2. The van der Waals surface area contributed by atoms with Gasteiger partial charge in [-0.25, -0.2) is 0 Å². The molecular formula is C49H76N2O12. The number of nitrogens with zero attached hydrogens (tertiary/aromatic N) is 1. The van der Waals surface area contributed by atoms with Gasteiger partial charge in [-0.15, -0.1) is 0 Å². The summed E-state index contributed by atoms with van der Waals surface area (Å²) in [7, 11) is 9.06. The number of esters is 1. The summed E-state index contributed by atoms with van der Waals surface area (Å²) in [4.78, 5) is 31.3. The number of aliphatic hydroxyl groups excluding tert-OH is 1. The van der Waals surface area contributed by atoms with Gasteiger partial charge in [0.05, 0.1) is 49.6 Å². The van der Waals surface area contributed by atoms with Crippen LogP contribution in [0.15, 0.2) is 35.9 Å². The standard InChI is InChI=1S/C49H76N2O12/c1-11-30-14-13-15-39(63-41-21-20-38(51(6)7)27(4)59-41)26(3)44(53)37-24-34-33-22-32(62-49-48(57-10)47(56-9)46(55-8)28(5)60-49)23-36(33)43(45(54)42(34)35(37)25-40(52)61-30)50-29-16-18-31(19-17-29)58-12-2/h16-19,24,26-28,30,32-36,38-39,41-43,45-50,54H,11-15,20-23,25H2,1-10H3/t26-,27?,28?,30+,32+,33+,34+,35-,36-,38+,39+,41+,42-,43+,45+,46+,47?,48+,49+/m1/s1. The molecular weight excluding hydrogens is 809 g/mol. The van der Waals surface area contributed by atoms with Crippen molar-refractivity contribution in [2.45, 2.75) is 172 Å². The van der Waals surface area contributed by atoms with Gasteiger partial charge in [0, 0.05) is 50.8 Å². The Morgan fingerprint density at radius 2 is 1.56 bits per heavy atom. The molecule has 1 aromatic rings. The van der Waals surface area contributed by atoms with E-state index in [4.69, 9.17) is 42.6 Å². The smallest absolute Gasteiger partial charge is 0.306 e. The van der Waals surface area contributed by atoms with E-state index in [2.05, 4.69) is 37.3 Å². The third kappa shape index (κ3) is 10.3. The first-order valence-electron chi connectivity index (χ1n) is 23.8. The number of ether oxygens (including phenoxy) is 9. The average Bonchev–Trinajstić information content (AvgIpc) is 3.85. The molecule has 3 aliphatic carbocycles. The van der Waals surface area contributed by atoms with E-state index in [0.29, 0.717) is 50.3 Å². The zero-order chi connectivity index (χ0) is 45.1. The van der Waals surface area contributed by atoms with Crippen molar-refractivity contribution in [3.05, 3.63) is 35.9 Å². The van der Waals surface area contributed by atoms with Crippen molar-refractivity contribution in [3.63, 3.8) is 0 Å². The number of rotatable bonds is 13. The molecule has 3 heterocycles. The van der Waals surface area contributed by atoms with Gasteiger partial charge in [-0.05, 0) is 134 Å². The van der Waals surface area contributed by atoms with Crippen molar-refractivity contribution in [2.24, 2.45) is 35.5 Å². The Labute approximate surface area is 375 Å². The highest BCUT2D eigenvalue weighted by Gasteiger charge is 2.60. The van der Waals surface area contributed by atoms with Gasteiger partial charge in [-0.3, -0.25) is 9.59 Å². The van der Waals surface area contributed by atoms with Crippen LogP contribution in [-0.4, -0.2) is 143 Å². The molecule has 14 nitrogen and oxygen atoms in total. The summed E-state index contributed by atoms with van der Waals surface area (Å²) in [5.41, 5.74) is 1.45. The zero-order valence-electron chi connectivity index (χ0n) is 39.3. The molecule has 63 heavy (non-hydrogen) atoms. The molecule has 0 spiro atoms. The number of carbonyl (C=O) groups is 2. The summed E-state index contributed by atoms with van der Waals surface area (Å²) in [5.74, 6) is -1.28. The summed E-state index contributed by atoms with van der Waals surface area (Å²) >= 11 is 0. The summed E-state index contributed by atoms with van der Waals surface area (Å²) in [5, 5.41) is 16.5. The van der Waals surface area contributed by atoms with Crippen molar-refractivity contribution in [1.82, 2.24) is 4.90 Å². The molecule has 19 atom stereocenters. The number of allylic oxidation sites excluding steroid dienone is 2. The van der Waals surface area contributed by atoms with Crippen LogP contribution in [0.1, 0.15) is 92.4 Å². The molecule has 0 bridgehead atoms.